The van der Waals surface area contributed by atoms with Gasteiger partial charge in [0.2, 0.25) is 0 Å². The van der Waals surface area contributed by atoms with Crippen LogP contribution in [0.4, 0.5) is 4.79 Å². The van der Waals surface area contributed by atoms with Gasteiger partial charge in [-0.3, -0.25) is 4.79 Å². The van der Waals surface area contributed by atoms with Gasteiger partial charge in [0.05, 0.1) is 11.6 Å². The second-order valence-corrected chi connectivity index (χ2v) is 8.75. The van der Waals surface area contributed by atoms with Crippen molar-refractivity contribution in [2.24, 2.45) is 5.41 Å². The van der Waals surface area contributed by atoms with Crippen molar-refractivity contribution in [3.63, 3.8) is 0 Å². The summed E-state index contributed by atoms with van der Waals surface area (Å²) in [5.74, 6) is 0.935. The molecule has 1 aromatic carbocycles. The molecule has 1 heterocycles. The minimum atomic E-state index is -0.505. The highest BCUT2D eigenvalue weighted by atomic mass is 79.9. The molecule has 0 atom stereocenters. The summed E-state index contributed by atoms with van der Waals surface area (Å²) in [5, 5.41) is 0. The summed E-state index contributed by atoms with van der Waals surface area (Å²) < 4.78 is 11.6. The summed E-state index contributed by atoms with van der Waals surface area (Å²) in [4.78, 5) is 27.0. The van der Waals surface area contributed by atoms with E-state index in [-0.39, 0.29) is 11.9 Å². The van der Waals surface area contributed by atoms with Crippen molar-refractivity contribution in [3.8, 4) is 5.75 Å². The van der Waals surface area contributed by atoms with E-state index in [1.807, 2.05) is 32.9 Å². The van der Waals surface area contributed by atoms with Crippen LogP contribution in [0.2, 0.25) is 0 Å². The molecule has 0 unspecified atom stereocenters. The van der Waals surface area contributed by atoms with E-state index in [1.54, 1.807) is 12.0 Å². The molecule has 1 amide bonds. The number of hydrogen-bond donors (Lipinski definition) is 0. The first-order valence-corrected chi connectivity index (χ1v) is 9.34. The molecule has 0 aromatic heterocycles. The van der Waals surface area contributed by atoms with Gasteiger partial charge in [0.1, 0.15) is 11.4 Å². The normalized spacial score (nSPS) is 19.1. The molecule has 1 spiro atoms. The number of carbonyl (C=O) groups is 2. The zero-order chi connectivity index (χ0) is 18.4. The van der Waals surface area contributed by atoms with Crippen LogP contribution in [0.3, 0.4) is 0 Å². The molecule has 1 aliphatic carbocycles. The number of ketones is 1. The third-order valence-electron chi connectivity index (χ3n) is 5.01. The summed E-state index contributed by atoms with van der Waals surface area (Å²) in [5.41, 5.74) is 0.912. The van der Waals surface area contributed by atoms with Crippen molar-refractivity contribution in [1.29, 1.82) is 0 Å². The Morgan fingerprint density at radius 1 is 1.24 bits per heavy atom. The van der Waals surface area contributed by atoms with Gasteiger partial charge in [0.15, 0.2) is 5.78 Å². The maximum Gasteiger partial charge on any atom is 0.410 e. The molecule has 3 rings (SSSR count). The van der Waals surface area contributed by atoms with Crippen molar-refractivity contribution in [2.45, 2.75) is 45.6 Å². The molecule has 136 valence electrons. The van der Waals surface area contributed by atoms with Crippen LogP contribution in [0.1, 0.15) is 49.5 Å². The second kappa shape index (κ2) is 6.31. The largest absolute Gasteiger partial charge is 0.496 e. The molecule has 5 nitrogen and oxygen atoms in total. The molecular formula is C19H24BrNO4. The minimum Gasteiger partial charge on any atom is -0.496 e. The molecule has 0 saturated carbocycles. The van der Waals surface area contributed by atoms with Crippen LogP contribution in [0, 0.1) is 5.41 Å². The first kappa shape index (κ1) is 18.2. The van der Waals surface area contributed by atoms with Crippen LogP contribution in [-0.4, -0.2) is 42.6 Å². The number of nitrogens with zero attached hydrogens (tertiary/aromatic N) is 1. The van der Waals surface area contributed by atoms with E-state index in [0.717, 1.165) is 21.3 Å². The smallest absolute Gasteiger partial charge is 0.410 e. The molecule has 2 aliphatic rings. The topological polar surface area (TPSA) is 55.8 Å². The average molecular weight is 410 g/mol. The fourth-order valence-corrected chi connectivity index (χ4v) is 4.19. The lowest BCUT2D eigenvalue weighted by Gasteiger charge is -2.38. The van der Waals surface area contributed by atoms with Crippen LogP contribution in [0.25, 0.3) is 0 Å². The van der Waals surface area contributed by atoms with Crippen molar-refractivity contribution >= 4 is 27.8 Å². The lowest BCUT2D eigenvalue weighted by molar-refractivity contribution is 0.0114. The standard InChI is InChI=1S/C19H24BrNO4/c1-18(2,3)25-17(23)21-7-5-19(6-8-21)11-12-9-15(24-4)14(20)10-13(12)16(19)22/h9-10H,5-8,11H2,1-4H3. The van der Waals surface area contributed by atoms with E-state index in [2.05, 4.69) is 15.9 Å². The van der Waals surface area contributed by atoms with Gasteiger partial charge < -0.3 is 14.4 Å². The number of methoxy groups -OCH3 is 1. The van der Waals surface area contributed by atoms with E-state index in [4.69, 9.17) is 9.47 Å². The summed E-state index contributed by atoms with van der Waals surface area (Å²) in [7, 11) is 1.62. The Morgan fingerprint density at radius 3 is 2.44 bits per heavy atom. The number of rotatable bonds is 1. The number of hydrogen-bond acceptors (Lipinski definition) is 4. The van der Waals surface area contributed by atoms with Gasteiger partial charge in [-0.1, -0.05) is 0 Å². The predicted molar refractivity (Wildman–Crippen MR) is 98.2 cm³/mol. The number of likely N-dealkylation sites (tertiary alicyclic amines) is 1. The van der Waals surface area contributed by atoms with Gasteiger partial charge in [-0.05, 0) is 73.7 Å². The first-order valence-electron chi connectivity index (χ1n) is 8.54. The molecule has 1 saturated heterocycles. The quantitative estimate of drug-likeness (QED) is 0.696. The molecule has 1 fully saturated rings. The molecule has 0 N–H and O–H groups in total. The average Bonchev–Trinajstić information content (AvgIpc) is 2.78. The van der Waals surface area contributed by atoms with Crippen LogP contribution in [0.5, 0.6) is 5.75 Å². The number of piperidine rings is 1. The minimum absolute atomic E-state index is 0.190. The summed E-state index contributed by atoms with van der Waals surface area (Å²) >= 11 is 3.46. The molecule has 0 radical (unpaired) electrons. The Kier molecular flexibility index (Phi) is 4.60. The van der Waals surface area contributed by atoms with Gasteiger partial charge in [-0.15, -0.1) is 0 Å². The summed E-state index contributed by atoms with van der Waals surface area (Å²) in [6.07, 6.45) is 1.75. The Balaban J connectivity index is 1.74. The fraction of sp³-hybridized carbons (Fsp3) is 0.579. The van der Waals surface area contributed by atoms with E-state index in [1.165, 1.54) is 0 Å². The highest BCUT2D eigenvalue weighted by molar-refractivity contribution is 9.10. The van der Waals surface area contributed by atoms with Crippen LogP contribution in [-0.2, 0) is 11.2 Å². The predicted octanol–water partition coefficient (Wildman–Crippen LogP) is 4.21. The third kappa shape index (κ3) is 3.41. The zero-order valence-corrected chi connectivity index (χ0v) is 16.7. The highest BCUT2D eigenvalue weighted by Gasteiger charge is 2.48. The van der Waals surface area contributed by atoms with Crippen LogP contribution >= 0.6 is 15.9 Å². The van der Waals surface area contributed by atoms with Gasteiger partial charge in [-0.2, -0.15) is 0 Å². The summed E-state index contributed by atoms with van der Waals surface area (Å²) in [6, 6.07) is 3.82. The van der Waals surface area contributed by atoms with Gasteiger partial charge in [-0.25, -0.2) is 4.79 Å². The number of Topliss-reactive ketones (excluding diaryl/α,β-unsaturated/α-hetero) is 1. The maximum atomic E-state index is 13.0. The number of ether oxygens (including phenoxy) is 2. The number of amides is 1. The molecule has 6 heteroatoms. The molecule has 1 aromatic rings. The van der Waals surface area contributed by atoms with E-state index in [9.17, 15) is 9.59 Å². The van der Waals surface area contributed by atoms with Crippen molar-refractivity contribution in [3.05, 3.63) is 27.7 Å². The maximum absolute atomic E-state index is 13.0. The van der Waals surface area contributed by atoms with Crippen molar-refractivity contribution < 1.29 is 19.1 Å². The monoisotopic (exact) mass is 409 g/mol. The fourth-order valence-electron chi connectivity index (χ4n) is 3.69. The van der Waals surface area contributed by atoms with Crippen LogP contribution < -0.4 is 4.74 Å². The molecule has 25 heavy (non-hydrogen) atoms. The number of halogens is 1. The molecule has 1 aliphatic heterocycles. The van der Waals surface area contributed by atoms with E-state index in [0.29, 0.717) is 32.4 Å². The first-order chi connectivity index (χ1) is 11.6. The molecular weight excluding hydrogens is 386 g/mol. The van der Waals surface area contributed by atoms with Crippen molar-refractivity contribution in [2.75, 3.05) is 20.2 Å². The third-order valence-corrected chi connectivity index (χ3v) is 5.62. The highest BCUT2D eigenvalue weighted by Crippen LogP contribution is 2.46. The second-order valence-electron chi connectivity index (χ2n) is 7.90. The summed E-state index contributed by atoms with van der Waals surface area (Å²) in [6.45, 7) is 6.68. The lowest BCUT2D eigenvalue weighted by atomic mass is 9.75. The lowest BCUT2D eigenvalue weighted by Crippen LogP contribution is -2.47. The molecule has 0 bridgehead atoms. The Hall–Kier alpha value is -1.56. The number of carbonyl (C=O) groups excluding carboxylic acids is 2. The van der Waals surface area contributed by atoms with Gasteiger partial charge in [0, 0.05) is 24.1 Å². The number of fused-ring (bicyclic) bond motifs is 1. The van der Waals surface area contributed by atoms with E-state index >= 15 is 0 Å². The Labute approximate surface area is 156 Å². The van der Waals surface area contributed by atoms with Gasteiger partial charge in [0.25, 0.3) is 0 Å². The van der Waals surface area contributed by atoms with Crippen LogP contribution in [0.15, 0.2) is 16.6 Å². The Morgan fingerprint density at radius 2 is 1.88 bits per heavy atom. The zero-order valence-electron chi connectivity index (χ0n) is 15.1. The Bertz CT molecular complexity index is 715. The van der Waals surface area contributed by atoms with Gasteiger partial charge >= 0.3 is 6.09 Å². The van der Waals surface area contributed by atoms with E-state index < -0.39 is 11.0 Å². The number of benzene rings is 1. The van der Waals surface area contributed by atoms with Crippen molar-refractivity contribution in [1.82, 2.24) is 4.90 Å². The SMILES string of the molecule is COc1cc2c(cc1Br)C(=O)C1(CCN(C(=O)OC(C)(C)C)CC1)C2.